The molecule has 3 aromatic rings. The summed E-state index contributed by atoms with van der Waals surface area (Å²) >= 11 is 0. The van der Waals surface area contributed by atoms with Crippen LogP contribution in [-0.4, -0.2) is 37.4 Å². The van der Waals surface area contributed by atoms with E-state index in [1.54, 1.807) is 17.1 Å². The average molecular weight is 368 g/mol. The molecule has 3 rings (SSSR count). The Kier molecular flexibility index (Phi) is 5.07. The SMILES string of the molecule is CCCNC(=O)c1cnn(-c2ccc(-c3nc(C(C)(C)C)no3)cn2)c1C. The number of amides is 1. The molecule has 0 fully saturated rings. The third-order valence-corrected chi connectivity index (χ3v) is 4.10. The maximum atomic E-state index is 12.2. The average Bonchev–Trinajstić information content (AvgIpc) is 3.27. The summed E-state index contributed by atoms with van der Waals surface area (Å²) in [5, 5.41) is 11.2. The molecule has 3 aromatic heterocycles. The Morgan fingerprint density at radius 1 is 1.26 bits per heavy atom. The standard InChI is InChI=1S/C19H24N6O2/c1-6-9-20-16(26)14-11-22-25(12(14)2)15-8-7-13(10-21-15)17-23-18(24-27-17)19(3,4)5/h7-8,10-11H,6,9H2,1-5H3,(H,20,26). The van der Waals surface area contributed by atoms with Crippen LogP contribution in [0.4, 0.5) is 0 Å². The molecule has 0 aliphatic rings. The highest BCUT2D eigenvalue weighted by molar-refractivity contribution is 5.95. The van der Waals surface area contributed by atoms with Gasteiger partial charge in [0.1, 0.15) is 0 Å². The van der Waals surface area contributed by atoms with Crippen molar-refractivity contribution in [3.8, 4) is 17.3 Å². The third kappa shape index (κ3) is 3.89. The van der Waals surface area contributed by atoms with Gasteiger partial charge < -0.3 is 9.84 Å². The minimum Gasteiger partial charge on any atom is -0.352 e. The normalized spacial score (nSPS) is 11.6. The van der Waals surface area contributed by atoms with E-state index in [2.05, 4.69) is 25.5 Å². The van der Waals surface area contributed by atoms with Gasteiger partial charge in [-0.1, -0.05) is 32.9 Å². The molecule has 0 aliphatic carbocycles. The lowest BCUT2D eigenvalue weighted by Crippen LogP contribution is -2.24. The summed E-state index contributed by atoms with van der Waals surface area (Å²) in [5.41, 5.74) is 1.82. The number of rotatable bonds is 5. The van der Waals surface area contributed by atoms with Gasteiger partial charge in [0.2, 0.25) is 0 Å². The van der Waals surface area contributed by atoms with Crippen molar-refractivity contribution in [2.24, 2.45) is 0 Å². The number of hydrogen-bond donors (Lipinski definition) is 1. The zero-order valence-electron chi connectivity index (χ0n) is 16.3. The molecule has 8 heteroatoms. The second kappa shape index (κ2) is 7.30. The first-order valence-corrected chi connectivity index (χ1v) is 8.95. The molecule has 0 spiro atoms. The second-order valence-electron chi connectivity index (χ2n) is 7.39. The van der Waals surface area contributed by atoms with E-state index in [4.69, 9.17) is 4.52 Å². The molecule has 0 unspecified atom stereocenters. The lowest BCUT2D eigenvalue weighted by Gasteiger charge is -2.10. The Bertz CT molecular complexity index is 934. The first-order chi connectivity index (χ1) is 12.8. The van der Waals surface area contributed by atoms with Crippen LogP contribution < -0.4 is 5.32 Å². The van der Waals surface area contributed by atoms with E-state index >= 15 is 0 Å². The Morgan fingerprint density at radius 3 is 2.63 bits per heavy atom. The summed E-state index contributed by atoms with van der Waals surface area (Å²) in [6, 6.07) is 3.66. The van der Waals surface area contributed by atoms with Crippen LogP contribution in [0.5, 0.6) is 0 Å². The molecule has 8 nitrogen and oxygen atoms in total. The maximum Gasteiger partial charge on any atom is 0.259 e. The smallest absolute Gasteiger partial charge is 0.259 e. The molecule has 0 saturated heterocycles. The highest BCUT2D eigenvalue weighted by atomic mass is 16.5. The van der Waals surface area contributed by atoms with Crippen molar-refractivity contribution in [1.82, 2.24) is 30.2 Å². The molecule has 142 valence electrons. The van der Waals surface area contributed by atoms with Crippen LogP contribution in [0.2, 0.25) is 0 Å². The van der Waals surface area contributed by atoms with Crippen LogP contribution in [0.3, 0.4) is 0 Å². The van der Waals surface area contributed by atoms with Crippen LogP contribution in [0, 0.1) is 6.92 Å². The molecule has 3 heterocycles. The molecule has 0 bridgehead atoms. The lowest BCUT2D eigenvalue weighted by molar-refractivity contribution is 0.0953. The van der Waals surface area contributed by atoms with Crippen LogP contribution in [0.25, 0.3) is 17.3 Å². The molecular formula is C19H24N6O2. The van der Waals surface area contributed by atoms with Crippen LogP contribution >= 0.6 is 0 Å². The minimum atomic E-state index is -0.184. The highest BCUT2D eigenvalue weighted by Gasteiger charge is 2.22. The van der Waals surface area contributed by atoms with E-state index in [9.17, 15) is 4.79 Å². The van der Waals surface area contributed by atoms with Gasteiger partial charge in [-0.3, -0.25) is 4.79 Å². The molecule has 0 aromatic carbocycles. The molecule has 0 aliphatic heterocycles. The van der Waals surface area contributed by atoms with Crippen LogP contribution in [-0.2, 0) is 5.41 Å². The number of aromatic nitrogens is 5. The third-order valence-electron chi connectivity index (χ3n) is 4.10. The molecule has 0 saturated carbocycles. The Hall–Kier alpha value is -3.03. The monoisotopic (exact) mass is 368 g/mol. The van der Waals surface area contributed by atoms with Gasteiger partial charge in [0.05, 0.1) is 23.0 Å². The quantitative estimate of drug-likeness (QED) is 0.743. The second-order valence-corrected chi connectivity index (χ2v) is 7.39. The zero-order valence-corrected chi connectivity index (χ0v) is 16.3. The van der Waals surface area contributed by atoms with E-state index in [-0.39, 0.29) is 11.3 Å². The Morgan fingerprint density at radius 2 is 2.04 bits per heavy atom. The van der Waals surface area contributed by atoms with Crippen LogP contribution in [0.1, 0.15) is 56.0 Å². The first kappa shape index (κ1) is 18.8. The van der Waals surface area contributed by atoms with Gasteiger partial charge in [0.15, 0.2) is 11.6 Å². The number of carbonyl (C=O) groups excluding carboxylic acids is 1. The Balaban J connectivity index is 1.83. The van der Waals surface area contributed by atoms with E-state index in [1.807, 2.05) is 46.8 Å². The fraction of sp³-hybridized carbons (Fsp3) is 0.421. The zero-order chi connectivity index (χ0) is 19.6. The molecule has 1 N–H and O–H groups in total. The molecule has 27 heavy (non-hydrogen) atoms. The van der Waals surface area contributed by atoms with Gasteiger partial charge >= 0.3 is 0 Å². The van der Waals surface area contributed by atoms with E-state index < -0.39 is 0 Å². The molecular weight excluding hydrogens is 344 g/mol. The maximum absolute atomic E-state index is 12.2. The van der Waals surface area contributed by atoms with Crippen molar-refractivity contribution < 1.29 is 9.32 Å². The lowest BCUT2D eigenvalue weighted by atomic mass is 9.96. The summed E-state index contributed by atoms with van der Waals surface area (Å²) in [6.07, 6.45) is 4.10. The Labute approximate surface area is 158 Å². The number of nitrogens with zero attached hydrogens (tertiary/aromatic N) is 5. The predicted octanol–water partition coefficient (Wildman–Crippen LogP) is 3.06. The van der Waals surface area contributed by atoms with Gasteiger partial charge in [-0.25, -0.2) is 9.67 Å². The van der Waals surface area contributed by atoms with Crippen molar-refractivity contribution in [1.29, 1.82) is 0 Å². The minimum absolute atomic E-state index is 0.127. The summed E-state index contributed by atoms with van der Waals surface area (Å²) in [7, 11) is 0. The number of nitrogens with one attached hydrogen (secondary N) is 1. The number of hydrogen-bond acceptors (Lipinski definition) is 6. The summed E-state index contributed by atoms with van der Waals surface area (Å²) in [5.74, 6) is 1.56. The van der Waals surface area contributed by atoms with Crippen molar-refractivity contribution in [3.63, 3.8) is 0 Å². The summed E-state index contributed by atoms with van der Waals surface area (Å²) in [4.78, 5) is 21.0. The molecule has 0 radical (unpaired) electrons. The molecule has 1 amide bonds. The first-order valence-electron chi connectivity index (χ1n) is 8.95. The van der Waals surface area contributed by atoms with E-state index in [0.717, 1.165) is 17.7 Å². The van der Waals surface area contributed by atoms with Crippen molar-refractivity contribution in [2.45, 2.75) is 46.5 Å². The van der Waals surface area contributed by atoms with Gasteiger partial charge in [-0.15, -0.1) is 0 Å². The fourth-order valence-corrected chi connectivity index (χ4v) is 2.48. The summed E-state index contributed by atoms with van der Waals surface area (Å²) < 4.78 is 6.98. The van der Waals surface area contributed by atoms with Crippen molar-refractivity contribution in [2.75, 3.05) is 6.54 Å². The predicted molar refractivity (Wildman–Crippen MR) is 101 cm³/mol. The van der Waals surface area contributed by atoms with Gasteiger partial charge in [-0.05, 0) is 25.5 Å². The van der Waals surface area contributed by atoms with Gasteiger partial charge in [0, 0.05) is 18.2 Å². The van der Waals surface area contributed by atoms with Gasteiger partial charge in [-0.2, -0.15) is 10.1 Å². The van der Waals surface area contributed by atoms with Gasteiger partial charge in [0.25, 0.3) is 11.8 Å². The van der Waals surface area contributed by atoms with Crippen molar-refractivity contribution >= 4 is 5.91 Å². The molecule has 0 atom stereocenters. The van der Waals surface area contributed by atoms with Crippen LogP contribution in [0.15, 0.2) is 29.0 Å². The highest BCUT2D eigenvalue weighted by Crippen LogP contribution is 2.23. The topological polar surface area (TPSA) is 98.7 Å². The summed E-state index contributed by atoms with van der Waals surface area (Å²) in [6.45, 7) is 10.6. The van der Waals surface area contributed by atoms with E-state index in [0.29, 0.717) is 29.6 Å². The largest absolute Gasteiger partial charge is 0.352 e. The fourth-order valence-electron chi connectivity index (χ4n) is 2.48. The number of pyridine rings is 1. The van der Waals surface area contributed by atoms with E-state index in [1.165, 1.54) is 0 Å². The number of carbonyl (C=O) groups is 1. The van der Waals surface area contributed by atoms with Crippen molar-refractivity contribution in [3.05, 3.63) is 41.6 Å².